The van der Waals surface area contributed by atoms with E-state index in [1.54, 1.807) is 6.92 Å². The van der Waals surface area contributed by atoms with Crippen molar-refractivity contribution in [3.63, 3.8) is 0 Å². The van der Waals surface area contributed by atoms with E-state index in [-0.39, 0.29) is 17.2 Å². The fraction of sp³-hybridized carbons (Fsp3) is 0.375. The lowest BCUT2D eigenvalue weighted by Crippen LogP contribution is -2.03. The lowest BCUT2D eigenvalue weighted by molar-refractivity contribution is 0.0689. The molecule has 5 heteroatoms. The fourth-order valence-corrected chi connectivity index (χ4v) is 1.18. The Labute approximate surface area is 74.8 Å². The van der Waals surface area contributed by atoms with Crippen LogP contribution < -0.4 is 0 Å². The van der Waals surface area contributed by atoms with Crippen molar-refractivity contribution in [2.24, 2.45) is 0 Å². The average Bonchev–Trinajstić information content (AvgIpc) is 2.46. The molecule has 0 fully saturated rings. The number of nitrogens with zero attached hydrogens (tertiary/aromatic N) is 1. The monoisotopic (exact) mass is 182 g/mol. The Kier molecular flexibility index (Phi) is 2.46. The first-order chi connectivity index (χ1) is 6.07. The van der Waals surface area contributed by atoms with Gasteiger partial charge in [-0.25, -0.2) is 4.79 Å². The van der Waals surface area contributed by atoms with Gasteiger partial charge in [-0.1, -0.05) is 6.92 Å². The van der Waals surface area contributed by atoms with Gasteiger partial charge in [-0.05, 0) is 6.42 Å². The predicted molar refractivity (Wildman–Crippen MR) is 44.9 cm³/mol. The number of aromatic amines is 1. The number of nitrogens with one attached hydrogen (secondary N) is 1. The zero-order chi connectivity index (χ0) is 10.0. The lowest BCUT2D eigenvalue weighted by Gasteiger charge is -1.95. The van der Waals surface area contributed by atoms with E-state index in [2.05, 4.69) is 10.2 Å². The molecule has 0 aliphatic carbocycles. The first-order valence-corrected chi connectivity index (χ1v) is 3.89. The van der Waals surface area contributed by atoms with Crippen molar-refractivity contribution in [2.75, 3.05) is 0 Å². The van der Waals surface area contributed by atoms with Crippen LogP contribution >= 0.6 is 0 Å². The standard InChI is InChI=1S/C8H10N2O3/c1-3-5-6(4(2)11)9-10-7(5)8(12)13/h3H2,1-2H3,(H,9,10)(H,12,13). The third-order valence-corrected chi connectivity index (χ3v) is 1.77. The maximum atomic E-state index is 11.0. The van der Waals surface area contributed by atoms with Gasteiger partial charge in [-0.2, -0.15) is 5.10 Å². The second-order valence-electron chi connectivity index (χ2n) is 2.64. The Morgan fingerprint density at radius 1 is 1.54 bits per heavy atom. The summed E-state index contributed by atoms with van der Waals surface area (Å²) in [6.07, 6.45) is 0.479. The molecule has 0 radical (unpaired) electrons. The number of carboxylic acids is 1. The van der Waals surface area contributed by atoms with Crippen LogP contribution in [0.3, 0.4) is 0 Å². The number of carboxylic acid groups (broad SMARTS) is 1. The first-order valence-electron chi connectivity index (χ1n) is 3.89. The Morgan fingerprint density at radius 3 is 2.54 bits per heavy atom. The van der Waals surface area contributed by atoms with Crippen LogP contribution in [0.5, 0.6) is 0 Å². The van der Waals surface area contributed by atoms with E-state index < -0.39 is 5.97 Å². The van der Waals surface area contributed by atoms with E-state index >= 15 is 0 Å². The summed E-state index contributed by atoms with van der Waals surface area (Å²) in [6.45, 7) is 3.14. The molecule has 5 nitrogen and oxygen atoms in total. The van der Waals surface area contributed by atoms with Crippen LogP contribution in [0.2, 0.25) is 0 Å². The van der Waals surface area contributed by atoms with Crippen molar-refractivity contribution in [3.05, 3.63) is 17.0 Å². The minimum absolute atomic E-state index is 0.00713. The molecule has 0 bridgehead atoms. The second-order valence-corrected chi connectivity index (χ2v) is 2.64. The van der Waals surface area contributed by atoms with Crippen molar-refractivity contribution in [1.82, 2.24) is 10.2 Å². The number of carbonyl (C=O) groups excluding carboxylic acids is 1. The van der Waals surface area contributed by atoms with E-state index in [4.69, 9.17) is 5.11 Å². The highest BCUT2D eigenvalue weighted by atomic mass is 16.4. The summed E-state index contributed by atoms with van der Waals surface area (Å²) in [5, 5.41) is 14.7. The molecular weight excluding hydrogens is 172 g/mol. The van der Waals surface area contributed by atoms with Gasteiger partial charge < -0.3 is 5.11 Å². The summed E-state index contributed by atoms with van der Waals surface area (Å²) in [4.78, 5) is 21.6. The normalized spacial score (nSPS) is 10.0. The number of Topliss-reactive ketones (excluding diaryl/α,β-unsaturated/α-hetero) is 1. The molecule has 1 heterocycles. The summed E-state index contributed by atoms with van der Waals surface area (Å²) in [5.41, 5.74) is 0.701. The van der Waals surface area contributed by atoms with Crippen molar-refractivity contribution >= 4 is 11.8 Å². The third-order valence-electron chi connectivity index (χ3n) is 1.77. The van der Waals surface area contributed by atoms with Gasteiger partial charge in [0.25, 0.3) is 0 Å². The minimum Gasteiger partial charge on any atom is -0.477 e. The second kappa shape index (κ2) is 3.38. The number of aromatic carboxylic acids is 1. The fourth-order valence-electron chi connectivity index (χ4n) is 1.18. The van der Waals surface area contributed by atoms with E-state index in [0.717, 1.165) is 0 Å². The van der Waals surface area contributed by atoms with Gasteiger partial charge >= 0.3 is 5.97 Å². The summed E-state index contributed by atoms with van der Waals surface area (Å²) >= 11 is 0. The number of aromatic nitrogens is 2. The lowest BCUT2D eigenvalue weighted by atomic mass is 10.1. The maximum absolute atomic E-state index is 11.0. The smallest absolute Gasteiger partial charge is 0.354 e. The number of carbonyl (C=O) groups is 2. The van der Waals surface area contributed by atoms with Crippen LogP contribution in [-0.2, 0) is 6.42 Å². The molecule has 2 N–H and O–H groups in total. The van der Waals surface area contributed by atoms with Gasteiger partial charge in [0.2, 0.25) is 0 Å². The van der Waals surface area contributed by atoms with Gasteiger partial charge in [0.05, 0.1) is 0 Å². The van der Waals surface area contributed by atoms with Gasteiger partial charge in [-0.15, -0.1) is 0 Å². The minimum atomic E-state index is -1.09. The summed E-state index contributed by atoms with van der Waals surface area (Å²) in [7, 11) is 0. The molecule has 13 heavy (non-hydrogen) atoms. The van der Waals surface area contributed by atoms with Gasteiger partial charge in [0.15, 0.2) is 5.78 Å². The molecule has 0 aliphatic rings. The highest BCUT2D eigenvalue weighted by molar-refractivity contribution is 5.97. The van der Waals surface area contributed by atoms with Crippen molar-refractivity contribution < 1.29 is 14.7 Å². The highest BCUT2D eigenvalue weighted by Crippen LogP contribution is 2.12. The molecule has 0 saturated heterocycles. The number of H-pyrrole nitrogens is 1. The number of hydrogen-bond acceptors (Lipinski definition) is 3. The van der Waals surface area contributed by atoms with Crippen LogP contribution in [0, 0.1) is 0 Å². The molecular formula is C8H10N2O3. The topological polar surface area (TPSA) is 83.0 Å². The maximum Gasteiger partial charge on any atom is 0.354 e. The van der Waals surface area contributed by atoms with E-state index in [1.165, 1.54) is 6.92 Å². The number of ketones is 1. The van der Waals surface area contributed by atoms with Crippen LogP contribution in [0.15, 0.2) is 0 Å². The SMILES string of the molecule is CCc1c(C(C)=O)n[nH]c1C(=O)O. The summed E-state index contributed by atoms with van der Waals surface area (Å²) in [6, 6.07) is 0. The molecule has 0 atom stereocenters. The zero-order valence-corrected chi connectivity index (χ0v) is 7.42. The Hall–Kier alpha value is -1.65. The summed E-state index contributed by atoms with van der Waals surface area (Å²) in [5.74, 6) is -1.31. The molecule has 0 amide bonds. The summed E-state index contributed by atoms with van der Waals surface area (Å²) < 4.78 is 0. The number of hydrogen-bond donors (Lipinski definition) is 2. The Balaban J connectivity index is 3.26. The highest BCUT2D eigenvalue weighted by Gasteiger charge is 2.18. The Bertz CT molecular complexity index is 323. The molecule has 1 aromatic heterocycles. The van der Waals surface area contributed by atoms with Crippen LogP contribution in [-0.4, -0.2) is 27.1 Å². The zero-order valence-electron chi connectivity index (χ0n) is 7.42. The van der Waals surface area contributed by atoms with Crippen molar-refractivity contribution in [3.8, 4) is 0 Å². The molecule has 0 spiro atoms. The molecule has 70 valence electrons. The van der Waals surface area contributed by atoms with Crippen LogP contribution in [0.1, 0.15) is 40.4 Å². The molecule has 0 saturated carbocycles. The first kappa shape index (κ1) is 9.44. The number of rotatable bonds is 3. The van der Waals surface area contributed by atoms with Gasteiger partial charge in [-0.3, -0.25) is 9.89 Å². The van der Waals surface area contributed by atoms with Gasteiger partial charge in [0.1, 0.15) is 11.4 Å². The van der Waals surface area contributed by atoms with Crippen molar-refractivity contribution in [1.29, 1.82) is 0 Å². The van der Waals surface area contributed by atoms with E-state index in [0.29, 0.717) is 12.0 Å². The predicted octanol–water partition coefficient (Wildman–Crippen LogP) is 0.873. The van der Waals surface area contributed by atoms with Crippen molar-refractivity contribution in [2.45, 2.75) is 20.3 Å². The molecule has 0 aliphatic heterocycles. The molecule has 0 unspecified atom stereocenters. The molecule has 1 aromatic rings. The van der Waals surface area contributed by atoms with E-state index in [1.807, 2.05) is 0 Å². The van der Waals surface area contributed by atoms with Crippen LogP contribution in [0.4, 0.5) is 0 Å². The van der Waals surface area contributed by atoms with E-state index in [9.17, 15) is 9.59 Å². The third kappa shape index (κ3) is 1.58. The largest absolute Gasteiger partial charge is 0.477 e. The Morgan fingerprint density at radius 2 is 2.15 bits per heavy atom. The molecule has 0 aromatic carbocycles. The van der Waals surface area contributed by atoms with Gasteiger partial charge in [0, 0.05) is 12.5 Å². The molecule has 1 rings (SSSR count). The van der Waals surface area contributed by atoms with Crippen LogP contribution in [0.25, 0.3) is 0 Å². The quantitative estimate of drug-likeness (QED) is 0.679. The average molecular weight is 182 g/mol.